The summed E-state index contributed by atoms with van der Waals surface area (Å²) in [7, 11) is 0. The van der Waals surface area contributed by atoms with Gasteiger partial charge < -0.3 is 10.2 Å². The molecular weight excluding hydrogens is 220 g/mol. The number of likely N-dealkylation sites (tertiary alicyclic amines) is 1. The molecule has 1 spiro atoms. The van der Waals surface area contributed by atoms with E-state index in [1.54, 1.807) is 0 Å². The number of nitrogens with zero attached hydrogens (tertiary/aromatic N) is 1. The molecule has 3 rings (SSSR count). The summed E-state index contributed by atoms with van der Waals surface area (Å²) in [5.41, 5.74) is 0.773. The summed E-state index contributed by atoms with van der Waals surface area (Å²) in [5.74, 6) is 0. The van der Waals surface area contributed by atoms with Gasteiger partial charge in [-0.25, -0.2) is 0 Å². The number of hydrogen-bond acceptors (Lipinski definition) is 2. The largest absolute Gasteiger partial charge is 0.313 e. The van der Waals surface area contributed by atoms with Crippen LogP contribution in [0.5, 0.6) is 0 Å². The van der Waals surface area contributed by atoms with Gasteiger partial charge in [0.15, 0.2) is 0 Å². The van der Waals surface area contributed by atoms with Gasteiger partial charge in [0.25, 0.3) is 0 Å². The second-order valence-corrected chi connectivity index (χ2v) is 7.01. The fourth-order valence-corrected chi connectivity index (χ4v) is 4.40. The lowest BCUT2D eigenvalue weighted by Crippen LogP contribution is -2.48. The Morgan fingerprint density at radius 3 is 2.33 bits per heavy atom. The van der Waals surface area contributed by atoms with Crippen LogP contribution in [0, 0.1) is 5.41 Å². The van der Waals surface area contributed by atoms with Gasteiger partial charge in [-0.15, -0.1) is 0 Å². The molecule has 2 nitrogen and oxygen atoms in total. The molecule has 2 heteroatoms. The Hall–Kier alpha value is -0.0800. The summed E-state index contributed by atoms with van der Waals surface area (Å²) in [4.78, 5) is 2.74. The van der Waals surface area contributed by atoms with Crippen LogP contribution < -0.4 is 5.32 Å². The van der Waals surface area contributed by atoms with E-state index in [4.69, 9.17) is 0 Å². The van der Waals surface area contributed by atoms with Gasteiger partial charge in [0.1, 0.15) is 0 Å². The predicted molar refractivity (Wildman–Crippen MR) is 76.8 cm³/mol. The summed E-state index contributed by atoms with van der Waals surface area (Å²) in [5, 5.41) is 3.70. The first-order valence-electron chi connectivity index (χ1n) is 8.32. The van der Waals surface area contributed by atoms with Crippen LogP contribution in [0.1, 0.15) is 64.2 Å². The smallest absolute Gasteiger partial charge is 0.0195 e. The summed E-state index contributed by atoms with van der Waals surface area (Å²) in [6.45, 7) is 5.31. The molecule has 2 saturated heterocycles. The summed E-state index contributed by atoms with van der Waals surface area (Å²) in [6.07, 6.45) is 14.8. The van der Waals surface area contributed by atoms with E-state index in [0.717, 1.165) is 11.5 Å². The van der Waals surface area contributed by atoms with E-state index in [0.29, 0.717) is 0 Å². The minimum Gasteiger partial charge on any atom is -0.313 e. The molecule has 0 radical (unpaired) electrons. The van der Waals surface area contributed by atoms with Gasteiger partial charge in [-0.05, 0) is 63.6 Å². The van der Waals surface area contributed by atoms with Crippen molar-refractivity contribution in [3.63, 3.8) is 0 Å². The van der Waals surface area contributed by atoms with Gasteiger partial charge in [0.05, 0.1) is 0 Å². The first kappa shape index (κ1) is 12.9. The van der Waals surface area contributed by atoms with Crippen LogP contribution in [0.4, 0.5) is 0 Å². The molecule has 3 aliphatic rings. The Labute approximate surface area is 113 Å². The van der Waals surface area contributed by atoms with Crippen molar-refractivity contribution in [2.45, 2.75) is 70.3 Å². The third kappa shape index (κ3) is 3.08. The lowest BCUT2D eigenvalue weighted by atomic mass is 9.68. The SMILES string of the molecule is C1CCC2(CC1)CCN(CC1CCCCN1)CC2. The van der Waals surface area contributed by atoms with Crippen molar-refractivity contribution in [2.75, 3.05) is 26.2 Å². The number of rotatable bonds is 2. The Bertz CT molecular complexity index is 242. The molecule has 0 aromatic heterocycles. The van der Waals surface area contributed by atoms with Crippen LogP contribution in [0.15, 0.2) is 0 Å². The zero-order valence-corrected chi connectivity index (χ0v) is 11.9. The van der Waals surface area contributed by atoms with Crippen molar-refractivity contribution < 1.29 is 0 Å². The first-order chi connectivity index (χ1) is 8.86. The Morgan fingerprint density at radius 1 is 0.889 bits per heavy atom. The van der Waals surface area contributed by atoms with E-state index in [9.17, 15) is 0 Å². The van der Waals surface area contributed by atoms with Gasteiger partial charge in [-0.1, -0.05) is 25.7 Å². The molecule has 0 aromatic carbocycles. The van der Waals surface area contributed by atoms with E-state index in [1.807, 2.05) is 0 Å². The summed E-state index contributed by atoms with van der Waals surface area (Å²) < 4.78 is 0. The molecule has 1 saturated carbocycles. The highest BCUT2D eigenvalue weighted by Crippen LogP contribution is 2.44. The van der Waals surface area contributed by atoms with Crippen molar-refractivity contribution in [2.24, 2.45) is 5.41 Å². The average Bonchev–Trinajstić information content (AvgIpc) is 2.44. The lowest BCUT2D eigenvalue weighted by molar-refractivity contribution is 0.0611. The van der Waals surface area contributed by atoms with Crippen LogP contribution in [0.25, 0.3) is 0 Å². The summed E-state index contributed by atoms with van der Waals surface area (Å²) >= 11 is 0. The van der Waals surface area contributed by atoms with E-state index in [2.05, 4.69) is 10.2 Å². The molecule has 1 atom stereocenters. The molecule has 1 unspecified atom stereocenters. The zero-order valence-electron chi connectivity index (χ0n) is 11.9. The number of nitrogens with one attached hydrogen (secondary N) is 1. The highest BCUT2D eigenvalue weighted by Gasteiger charge is 2.35. The van der Waals surface area contributed by atoms with Crippen LogP contribution in [-0.4, -0.2) is 37.1 Å². The molecule has 0 amide bonds. The Morgan fingerprint density at radius 2 is 1.67 bits per heavy atom. The minimum atomic E-state index is 0.773. The Balaban J connectivity index is 1.44. The summed E-state index contributed by atoms with van der Waals surface area (Å²) in [6, 6.07) is 0.791. The maximum atomic E-state index is 3.70. The van der Waals surface area contributed by atoms with E-state index in [-0.39, 0.29) is 0 Å². The normalized spacial score (nSPS) is 33.7. The molecule has 2 aliphatic heterocycles. The van der Waals surface area contributed by atoms with Crippen molar-refractivity contribution in [3.8, 4) is 0 Å². The molecule has 3 fully saturated rings. The molecule has 18 heavy (non-hydrogen) atoms. The van der Waals surface area contributed by atoms with Crippen LogP contribution in [0.2, 0.25) is 0 Å². The predicted octanol–water partition coefficient (Wildman–Crippen LogP) is 3.17. The molecule has 104 valence electrons. The first-order valence-corrected chi connectivity index (χ1v) is 8.32. The lowest BCUT2D eigenvalue weighted by Gasteiger charge is -2.45. The molecular formula is C16H30N2. The van der Waals surface area contributed by atoms with E-state index < -0.39 is 0 Å². The standard InChI is InChI=1S/C16H30N2/c1-3-7-16(8-4-1)9-12-18(13-10-16)14-15-6-2-5-11-17-15/h15,17H,1-14H2. The van der Waals surface area contributed by atoms with Crippen molar-refractivity contribution in [1.82, 2.24) is 10.2 Å². The fraction of sp³-hybridized carbons (Fsp3) is 1.00. The fourth-order valence-electron chi connectivity index (χ4n) is 4.40. The third-order valence-electron chi connectivity index (χ3n) is 5.72. The molecule has 1 N–H and O–H groups in total. The van der Waals surface area contributed by atoms with Crippen molar-refractivity contribution >= 4 is 0 Å². The van der Waals surface area contributed by atoms with Crippen molar-refractivity contribution in [1.29, 1.82) is 0 Å². The zero-order chi connectivity index (χ0) is 12.3. The van der Waals surface area contributed by atoms with Crippen LogP contribution in [0.3, 0.4) is 0 Å². The highest BCUT2D eigenvalue weighted by molar-refractivity contribution is 4.89. The topological polar surface area (TPSA) is 15.3 Å². The Kier molecular flexibility index (Phi) is 4.25. The molecule has 1 aliphatic carbocycles. The monoisotopic (exact) mass is 250 g/mol. The van der Waals surface area contributed by atoms with Gasteiger partial charge in [0.2, 0.25) is 0 Å². The average molecular weight is 250 g/mol. The quantitative estimate of drug-likeness (QED) is 0.810. The third-order valence-corrected chi connectivity index (χ3v) is 5.72. The van der Waals surface area contributed by atoms with Crippen LogP contribution in [-0.2, 0) is 0 Å². The molecule has 0 bridgehead atoms. The van der Waals surface area contributed by atoms with Gasteiger partial charge >= 0.3 is 0 Å². The van der Waals surface area contributed by atoms with E-state index in [1.165, 1.54) is 90.4 Å². The van der Waals surface area contributed by atoms with Crippen molar-refractivity contribution in [3.05, 3.63) is 0 Å². The minimum absolute atomic E-state index is 0.773. The second-order valence-electron chi connectivity index (χ2n) is 7.01. The van der Waals surface area contributed by atoms with Gasteiger partial charge in [0, 0.05) is 12.6 Å². The molecule has 2 heterocycles. The molecule has 0 aromatic rings. The van der Waals surface area contributed by atoms with E-state index >= 15 is 0 Å². The maximum absolute atomic E-state index is 3.70. The second kappa shape index (κ2) is 5.92. The van der Waals surface area contributed by atoms with Gasteiger partial charge in [-0.2, -0.15) is 0 Å². The number of piperidine rings is 2. The van der Waals surface area contributed by atoms with Crippen LogP contribution >= 0.6 is 0 Å². The highest BCUT2D eigenvalue weighted by atomic mass is 15.2. The maximum Gasteiger partial charge on any atom is 0.0195 e. The number of hydrogen-bond donors (Lipinski definition) is 1. The van der Waals surface area contributed by atoms with Gasteiger partial charge in [-0.3, -0.25) is 0 Å².